The Bertz CT molecular complexity index is 306. The highest BCUT2D eigenvalue weighted by Crippen LogP contribution is 2.59. The zero-order valence-corrected chi connectivity index (χ0v) is 10.6. The summed E-state index contributed by atoms with van der Waals surface area (Å²) in [6.07, 6.45) is -9.12. The molecule has 106 valence electrons. The molecule has 0 aromatic rings. The molecule has 0 saturated carbocycles. The van der Waals surface area contributed by atoms with Gasteiger partial charge in [-0.3, -0.25) is 0 Å². The van der Waals surface area contributed by atoms with Crippen LogP contribution in [0.25, 0.3) is 0 Å². The second-order valence-electron chi connectivity index (χ2n) is 5.40. The summed E-state index contributed by atoms with van der Waals surface area (Å²) in [5.41, 5.74) is -3.57. The number of rotatable bonds is 2. The molecule has 2 heterocycles. The molecule has 0 radical (unpaired) electrons. The van der Waals surface area contributed by atoms with Gasteiger partial charge < -0.3 is 0 Å². The summed E-state index contributed by atoms with van der Waals surface area (Å²) < 4.78 is 76.6. The minimum absolute atomic E-state index is 0.0148. The van der Waals surface area contributed by atoms with Crippen LogP contribution in [0.15, 0.2) is 0 Å². The van der Waals surface area contributed by atoms with Crippen LogP contribution in [0, 0.1) is 11.3 Å². The SMILES string of the molecule is CC(CC1CC2CCC1S2)(C(F)(F)F)C(F)(F)F. The quantitative estimate of drug-likeness (QED) is 0.659. The zero-order valence-electron chi connectivity index (χ0n) is 9.74. The first-order chi connectivity index (χ1) is 8.04. The molecule has 0 amide bonds. The molecule has 2 bridgehead atoms. The van der Waals surface area contributed by atoms with Crippen LogP contribution < -0.4 is 0 Å². The first-order valence-corrected chi connectivity index (χ1v) is 6.78. The third-order valence-corrected chi connectivity index (χ3v) is 5.94. The molecule has 0 aliphatic carbocycles. The summed E-state index contributed by atoms with van der Waals surface area (Å²) in [4.78, 5) is 0. The van der Waals surface area contributed by atoms with Gasteiger partial charge in [0.15, 0.2) is 5.41 Å². The maximum absolute atomic E-state index is 12.8. The fraction of sp³-hybridized carbons (Fsp3) is 1.00. The Morgan fingerprint density at radius 2 is 1.56 bits per heavy atom. The summed E-state index contributed by atoms with van der Waals surface area (Å²) in [7, 11) is 0. The smallest absolute Gasteiger partial charge is 0.170 e. The second-order valence-corrected chi connectivity index (χ2v) is 6.95. The van der Waals surface area contributed by atoms with Gasteiger partial charge in [0.2, 0.25) is 0 Å². The van der Waals surface area contributed by atoms with Crippen molar-refractivity contribution in [3.8, 4) is 0 Å². The van der Waals surface area contributed by atoms with Crippen LogP contribution in [0.2, 0.25) is 0 Å². The van der Waals surface area contributed by atoms with E-state index in [0.717, 1.165) is 12.8 Å². The van der Waals surface area contributed by atoms with Crippen LogP contribution in [0.1, 0.15) is 32.6 Å². The molecule has 0 N–H and O–H groups in total. The minimum Gasteiger partial charge on any atom is -0.170 e. The third kappa shape index (κ3) is 2.23. The Labute approximate surface area is 105 Å². The van der Waals surface area contributed by atoms with E-state index in [9.17, 15) is 26.3 Å². The lowest BCUT2D eigenvalue weighted by molar-refractivity contribution is -0.339. The second kappa shape index (κ2) is 4.21. The molecule has 0 aromatic carbocycles. The van der Waals surface area contributed by atoms with Crippen molar-refractivity contribution in [1.82, 2.24) is 0 Å². The number of fused-ring (bicyclic) bond motifs is 2. The number of halogens is 6. The molecule has 3 atom stereocenters. The van der Waals surface area contributed by atoms with Gasteiger partial charge >= 0.3 is 12.4 Å². The Balaban J connectivity index is 2.17. The largest absolute Gasteiger partial charge is 0.402 e. The average Bonchev–Trinajstić information content (AvgIpc) is 2.75. The Kier molecular flexibility index (Phi) is 3.36. The fourth-order valence-electron chi connectivity index (χ4n) is 2.87. The van der Waals surface area contributed by atoms with Gasteiger partial charge in [-0.2, -0.15) is 38.1 Å². The van der Waals surface area contributed by atoms with Crippen molar-refractivity contribution in [2.75, 3.05) is 0 Å². The Morgan fingerprint density at radius 1 is 1.00 bits per heavy atom. The maximum atomic E-state index is 12.8. The topological polar surface area (TPSA) is 0 Å². The lowest BCUT2D eigenvalue weighted by atomic mass is 9.74. The highest BCUT2D eigenvalue weighted by atomic mass is 32.2. The number of thioether (sulfide) groups is 1. The molecule has 2 fully saturated rings. The van der Waals surface area contributed by atoms with Gasteiger partial charge in [-0.05, 0) is 38.5 Å². The van der Waals surface area contributed by atoms with Gasteiger partial charge in [-0.15, -0.1) is 0 Å². The van der Waals surface area contributed by atoms with Crippen LogP contribution >= 0.6 is 11.8 Å². The summed E-state index contributed by atoms with van der Waals surface area (Å²) >= 11 is 1.57. The van der Waals surface area contributed by atoms with Gasteiger partial charge in [0.25, 0.3) is 0 Å². The van der Waals surface area contributed by atoms with Crippen LogP contribution in [-0.2, 0) is 0 Å². The van der Waals surface area contributed by atoms with Gasteiger partial charge in [-0.25, -0.2) is 0 Å². The van der Waals surface area contributed by atoms with Gasteiger partial charge in [0, 0.05) is 10.5 Å². The van der Waals surface area contributed by atoms with E-state index in [0.29, 0.717) is 13.3 Å². The first kappa shape index (κ1) is 14.3. The number of alkyl halides is 6. The molecule has 0 spiro atoms. The van der Waals surface area contributed by atoms with Crippen molar-refractivity contribution in [2.24, 2.45) is 11.3 Å². The fourth-order valence-corrected chi connectivity index (χ4v) is 4.70. The van der Waals surface area contributed by atoms with Crippen molar-refractivity contribution in [3.05, 3.63) is 0 Å². The van der Waals surface area contributed by atoms with Crippen LogP contribution in [0.5, 0.6) is 0 Å². The van der Waals surface area contributed by atoms with E-state index in [2.05, 4.69) is 0 Å². The molecule has 7 heteroatoms. The molecule has 3 unspecified atom stereocenters. The van der Waals surface area contributed by atoms with E-state index < -0.39 is 30.1 Å². The van der Waals surface area contributed by atoms with Gasteiger partial charge in [-0.1, -0.05) is 0 Å². The standard InChI is InChI=1S/C11H14F6S/c1-9(10(12,13)14,11(15,16)17)5-6-4-7-2-3-8(6)18-7/h6-8H,2-5H2,1H3. The lowest BCUT2D eigenvalue weighted by Gasteiger charge is -2.37. The van der Waals surface area contributed by atoms with Crippen molar-refractivity contribution < 1.29 is 26.3 Å². The highest BCUT2D eigenvalue weighted by molar-refractivity contribution is 8.01. The van der Waals surface area contributed by atoms with E-state index in [4.69, 9.17) is 0 Å². The molecule has 18 heavy (non-hydrogen) atoms. The van der Waals surface area contributed by atoms with E-state index in [1.165, 1.54) is 0 Å². The molecule has 2 saturated heterocycles. The lowest BCUT2D eigenvalue weighted by Crippen LogP contribution is -2.49. The van der Waals surface area contributed by atoms with Crippen molar-refractivity contribution in [3.63, 3.8) is 0 Å². The van der Waals surface area contributed by atoms with Crippen LogP contribution in [0.3, 0.4) is 0 Å². The zero-order chi connectivity index (χ0) is 13.8. The van der Waals surface area contributed by atoms with Gasteiger partial charge in [0.05, 0.1) is 0 Å². The molecule has 2 rings (SSSR count). The summed E-state index contributed by atoms with van der Waals surface area (Å²) in [6.45, 7) is 0.295. The third-order valence-electron chi connectivity index (χ3n) is 4.15. The molecule has 2 aliphatic heterocycles. The van der Waals surface area contributed by atoms with E-state index in [1.807, 2.05) is 0 Å². The average molecular weight is 292 g/mol. The molecular formula is C11H14F6S. The Hall–Kier alpha value is -0.0700. The van der Waals surface area contributed by atoms with Crippen LogP contribution in [0.4, 0.5) is 26.3 Å². The van der Waals surface area contributed by atoms with Crippen molar-refractivity contribution >= 4 is 11.8 Å². The number of hydrogen-bond acceptors (Lipinski definition) is 1. The summed E-state index contributed by atoms with van der Waals surface area (Å²) in [5, 5.41) is 0.254. The predicted molar refractivity (Wildman–Crippen MR) is 57.3 cm³/mol. The van der Waals surface area contributed by atoms with Crippen molar-refractivity contribution in [1.29, 1.82) is 0 Å². The van der Waals surface area contributed by atoms with Gasteiger partial charge in [0.1, 0.15) is 0 Å². The summed E-state index contributed by atoms with van der Waals surface area (Å²) in [6, 6.07) is 0. The minimum atomic E-state index is -5.24. The van der Waals surface area contributed by atoms with E-state index in [-0.39, 0.29) is 10.5 Å². The highest BCUT2D eigenvalue weighted by Gasteiger charge is 2.68. The maximum Gasteiger partial charge on any atom is 0.402 e. The molecular weight excluding hydrogens is 278 g/mol. The normalized spacial score (nSPS) is 33.2. The van der Waals surface area contributed by atoms with Crippen molar-refractivity contribution in [2.45, 2.75) is 55.5 Å². The Morgan fingerprint density at radius 3 is 1.89 bits per heavy atom. The number of hydrogen-bond donors (Lipinski definition) is 0. The molecule has 0 aromatic heterocycles. The molecule has 0 nitrogen and oxygen atoms in total. The first-order valence-electron chi connectivity index (χ1n) is 5.83. The molecule has 2 aliphatic rings. The van der Waals surface area contributed by atoms with E-state index in [1.54, 1.807) is 11.8 Å². The van der Waals surface area contributed by atoms with Crippen LogP contribution in [-0.4, -0.2) is 22.9 Å². The van der Waals surface area contributed by atoms with E-state index >= 15 is 0 Å². The summed E-state index contributed by atoms with van der Waals surface area (Å²) in [5.74, 6) is -0.456. The predicted octanol–water partition coefficient (Wildman–Crippen LogP) is 4.79. The monoisotopic (exact) mass is 292 g/mol.